The molecule has 0 amide bonds. The maximum Gasteiger partial charge on any atom is 0.185 e. The molecule has 0 bridgehead atoms. The van der Waals surface area contributed by atoms with Gasteiger partial charge in [-0.15, -0.1) is 0 Å². The first kappa shape index (κ1) is 18.1. The summed E-state index contributed by atoms with van der Waals surface area (Å²) >= 11 is 3.52. The van der Waals surface area contributed by atoms with Crippen LogP contribution in [0.1, 0.15) is 15.9 Å². The monoisotopic (exact) mass is 428 g/mol. The van der Waals surface area contributed by atoms with E-state index in [9.17, 15) is 4.79 Å². The molecule has 136 valence electrons. The summed E-state index contributed by atoms with van der Waals surface area (Å²) in [5.74, 6) is -0.0340. The number of nitrogens with zero attached hydrogens (tertiary/aromatic N) is 2. The first-order valence-corrected chi connectivity index (χ1v) is 9.68. The fourth-order valence-electron chi connectivity index (χ4n) is 2.95. The van der Waals surface area contributed by atoms with Crippen molar-refractivity contribution in [3.05, 3.63) is 113 Å². The van der Waals surface area contributed by atoms with Crippen molar-refractivity contribution in [2.45, 2.75) is 0 Å². The third-order valence-corrected chi connectivity index (χ3v) is 4.83. The van der Waals surface area contributed by atoms with Crippen LogP contribution in [0, 0.1) is 0 Å². The zero-order valence-corrected chi connectivity index (χ0v) is 16.6. The third-order valence-electron chi connectivity index (χ3n) is 4.33. The molecule has 0 N–H and O–H groups in total. The summed E-state index contributed by atoms with van der Waals surface area (Å²) in [6, 6.07) is 27.2. The minimum atomic E-state index is -0.0340. The largest absolute Gasteiger partial charge is 0.289 e. The van der Waals surface area contributed by atoms with Crippen LogP contribution in [0.3, 0.4) is 0 Å². The smallest absolute Gasteiger partial charge is 0.185 e. The Morgan fingerprint density at radius 2 is 1.61 bits per heavy atom. The average Bonchev–Trinajstić information content (AvgIpc) is 3.18. The first-order valence-electron chi connectivity index (χ1n) is 8.89. The highest BCUT2D eigenvalue weighted by Gasteiger charge is 2.11. The quantitative estimate of drug-likeness (QED) is 0.280. The number of ketones is 1. The van der Waals surface area contributed by atoms with E-state index in [1.807, 2.05) is 102 Å². The number of para-hydroxylation sites is 1. The molecule has 4 rings (SSSR count). The lowest BCUT2D eigenvalue weighted by atomic mass is 10.1. The predicted molar refractivity (Wildman–Crippen MR) is 117 cm³/mol. The van der Waals surface area contributed by atoms with Crippen molar-refractivity contribution in [3.63, 3.8) is 0 Å². The maximum absolute atomic E-state index is 12.5. The van der Waals surface area contributed by atoms with Crippen LogP contribution >= 0.6 is 15.9 Å². The molecule has 1 aromatic heterocycles. The number of halogens is 1. The molecule has 0 saturated carbocycles. The molecule has 28 heavy (non-hydrogen) atoms. The molecule has 4 aromatic rings. The van der Waals surface area contributed by atoms with Gasteiger partial charge in [0.1, 0.15) is 0 Å². The van der Waals surface area contributed by atoms with Crippen LogP contribution in [0.25, 0.3) is 23.0 Å². The summed E-state index contributed by atoms with van der Waals surface area (Å²) in [5, 5.41) is 4.78. The number of benzene rings is 3. The van der Waals surface area contributed by atoms with E-state index in [0.29, 0.717) is 5.56 Å². The van der Waals surface area contributed by atoms with Crippen LogP contribution in [0.5, 0.6) is 0 Å². The first-order chi connectivity index (χ1) is 13.7. The summed E-state index contributed by atoms with van der Waals surface area (Å²) in [4.78, 5) is 12.5. The second-order valence-electron chi connectivity index (χ2n) is 6.29. The van der Waals surface area contributed by atoms with Gasteiger partial charge in [-0.25, -0.2) is 4.68 Å². The number of allylic oxidation sites excluding steroid dienone is 1. The third kappa shape index (κ3) is 4.02. The second-order valence-corrected chi connectivity index (χ2v) is 7.20. The molecule has 0 aliphatic heterocycles. The van der Waals surface area contributed by atoms with Gasteiger partial charge in [0, 0.05) is 27.4 Å². The lowest BCUT2D eigenvalue weighted by Gasteiger charge is -2.01. The van der Waals surface area contributed by atoms with Crippen LogP contribution in [0.15, 0.2) is 102 Å². The van der Waals surface area contributed by atoms with Crippen molar-refractivity contribution in [2.75, 3.05) is 0 Å². The number of aromatic nitrogens is 2. The Kier molecular flexibility index (Phi) is 5.31. The van der Waals surface area contributed by atoms with Gasteiger partial charge in [-0.05, 0) is 36.4 Å². The zero-order chi connectivity index (χ0) is 19.3. The molecule has 0 fully saturated rings. The summed E-state index contributed by atoms with van der Waals surface area (Å²) in [6.07, 6.45) is 5.38. The normalized spacial score (nSPS) is 11.0. The number of hydrogen-bond acceptors (Lipinski definition) is 2. The molecule has 0 unspecified atom stereocenters. The molecule has 0 spiro atoms. The van der Waals surface area contributed by atoms with E-state index < -0.39 is 0 Å². The minimum Gasteiger partial charge on any atom is -0.289 e. The topological polar surface area (TPSA) is 34.9 Å². The van der Waals surface area contributed by atoms with Crippen LogP contribution in [0.4, 0.5) is 0 Å². The van der Waals surface area contributed by atoms with E-state index in [-0.39, 0.29) is 5.78 Å². The van der Waals surface area contributed by atoms with E-state index in [0.717, 1.165) is 27.0 Å². The molecule has 4 heteroatoms. The Labute approximate surface area is 172 Å². The highest BCUT2D eigenvalue weighted by Crippen LogP contribution is 2.27. The standard InChI is InChI=1S/C24H17BrN2O/c25-21-11-7-10-19(16-21)24-20(14-15-23(28)18-8-3-1-4-9-18)17-27(26-24)22-12-5-2-6-13-22/h1-17H/b15-14-. The van der Waals surface area contributed by atoms with Gasteiger partial charge >= 0.3 is 0 Å². The van der Waals surface area contributed by atoms with E-state index in [1.54, 1.807) is 6.08 Å². The van der Waals surface area contributed by atoms with Crippen molar-refractivity contribution >= 4 is 27.8 Å². The lowest BCUT2D eigenvalue weighted by molar-refractivity contribution is 0.104. The van der Waals surface area contributed by atoms with Gasteiger partial charge in [0.05, 0.1) is 11.4 Å². The van der Waals surface area contributed by atoms with Crippen LogP contribution in [-0.4, -0.2) is 15.6 Å². The second kappa shape index (κ2) is 8.19. The average molecular weight is 429 g/mol. The van der Waals surface area contributed by atoms with E-state index in [1.165, 1.54) is 0 Å². The predicted octanol–water partition coefficient (Wildman–Crippen LogP) is 6.20. The van der Waals surface area contributed by atoms with Crippen LogP contribution in [0.2, 0.25) is 0 Å². The van der Waals surface area contributed by atoms with Gasteiger partial charge in [-0.3, -0.25) is 4.79 Å². The van der Waals surface area contributed by atoms with E-state index in [4.69, 9.17) is 5.10 Å². The molecule has 0 aliphatic rings. The van der Waals surface area contributed by atoms with Gasteiger partial charge in [-0.2, -0.15) is 5.10 Å². The summed E-state index contributed by atoms with van der Waals surface area (Å²) in [5.41, 5.74) is 4.32. The molecule has 3 aromatic carbocycles. The van der Waals surface area contributed by atoms with Gasteiger partial charge < -0.3 is 0 Å². The van der Waals surface area contributed by atoms with Crippen molar-refractivity contribution in [1.29, 1.82) is 0 Å². The Bertz CT molecular complexity index is 1130. The molecule has 0 atom stereocenters. The Balaban J connectivity index is 1.75. The number of carbonyl (C=O) groups is 1. The molecule has 0 saturated heterocycles. The SMILES string of the molecule is O=C(/C=C\c1cn(-c2ccccc2)nc1-c1cccc(Br)c1)c1ccccc1. The fourth-order valence-corrected chi connectivity index (χ4v) is 3.35. The molecule has 1 heterocycles. The van der Waals surface area contributed by atoms with Crippen LogP contribution in [-0.2, 0) is 0 Å². The molecule has 0 aliphatic carbocycles. The van der Waals surface area contributed by atoms with Crippen molar-refractivity contribution in [1.82, 2.24) is 9.78 Å². The molecule has 0 radical (unpaired) electrons. The van der Waals surface area contributed by atoms with Gasteiger partial charge in [0.15, 0.2) is 5.78 Å². The zero-order valence-electron chi connectivity index (χ0n) is 15.0. The van der Waals surface area contributed by atoms with Crippen molar-refractivity contribution in [3.8, 4) is 16.9 Å². The van der Waals surface area contributed by atoms with Gasteiger partial charge in [0.2, 0.25) is 0 Å². The highest BCUT2D eigenvalue weighted by atomic mass is 79.9. The Morgan fingerprint density at radius 1 is 0.893 bits per heavy atom. The van der Waals surface area contributed by atoms with Crippen molar-refractivity contribution in [2.24, 2.45) is 0 Å². The molecular formula is C24H17BrN2O. The summed E-state index contributed by atoms with van der Waals surface area (Å²) in [6.45, 7) is 0. The Hall–Kier alpha value is -3.24. The summed E-state index contributed by atoms with van der Waals surface area (Å²) < 4.78 is 2.82. The Morgan fingerprint density at radius 3 is 2.32 bits per heavy atom. The van der Waals surface area contributed by atoms with E-state index in [2.05, 4.69) is 15.9 Å². The van der Waals surface area contributed by atoms with E-state index >= 15 is 0 Å². The molecule has 3 nitrogen and oxygen atoms in total. The number of hydrogen-bond donors (Lipinski definition) is 0. The van der Waals surface area contributed by atoms with Crippen molar-refractivity contribution < 1.29 is 4.79 Å². The fraction of sp³-hybridized carbons (Fsp3) is 0. The molecular weight excluding hydrogens is 412 g/mol. The maximum atomic E-state index is 12.5. The summed E-state index contributed by atoms with van der Waals surface area (Å²) in [7, 11) is 0. The van der Waals surface area contributed by atoms with Gasteiger partial charge in [0.25, 0.3) is 0 Å². The number of rotatable bonds is 5. The van der Waals surface area contributed by atoms with Gasteiger partial charge in [-0.1, -0.05) is 76.6 Å². The minimum absolute atomic E-state index is 0.0340. The lowest BCUT2D eigenvalue weighted by Crippen LogP contribution is -1.93. The number of carbonyl (C=O) groups excluding carboxylic acids is 1. The van der Waals surface area contributed by atoms with Crippen LogP contribution < -0.4 is 0 Å². The highest BCUT2D eigenvalue weighted by molar-refractivity contribution is 9.10.